The van der Waals surface area contributed by atoms with Crippen molar-refractivity contribution in [1.82, 2.24) is 5.32 Å². The van der Waals surface area contributed by atoms with Gasteiger partial charge in [-0.3, -0.25) is 4.79 Å². The van der Waals surface area contributed by atoms with E-state index in [1.165, 1.54) is 0 Å². The van der Waals surface area contributed by atoms with Gasteiger partial charge in [-0.2, -0.15) is 0 Å². The summed E-state index contributed by atoms with van der Waals surface area (Å²) in [6.45, 7) is 0. The molecule has 102 valence electrons. The molecule has 7 heteroatoms. The number of hydrogen-bond acceptors (Lipinski definition) is 2. The zero-order valence-corrected chi connectivity index (χ0v) is 12.2. The van der Waals surface area contributed by atoms with E-state index in [1.807, 2.05) is 0 Å². The third-order valence-electron chi connectivity index (χ3n) is 2.92. The maximum Gasteiger partial charge on any atom is 0.257 e. The predicted molar refractivity (Wildman–Crippen MR) is 74.8 cm³/mol. The molecule has 0 radical (unpaired) electrons. The number of benzene rings is 1. The normalized spacial score (nSPS) is 15.9. The summed E-state index contributed by atoms with van der Waals surface area (Å²) >= 11 is 7.81. The summed E-state index contributed by atoms with van der Waals surface area (Å²) in [5, 5.41) is 2.50. The number of nitrogens with two attached hydrogens (primary N) is 1. The second kappa shape index (κ2) is 5.50. The molecule has 1 aliphatic carbocycles. The van der Waals surface area contributed by atoms with Gasteiger partial charge in [0.1, 0.15) is 17.2 Å². The first kappa shape index (κ1) is 14.3. The van der Waals surface area contributed by atoms with Crippen molar-refractivity contribution in [3.63, 3.8) is 0 Å². The quantitative estimate of drug-likeness (QED) is 0.822. The summed E-state index contributed by atoms with van der Waals surface area (Å²) < 4.78 is 27.5. The maximum atomic E-state index is 13.6. The number of halogens is 3. The Hall–Kier alpha value is -1.08. The molecule has 1 atom stereocenters. The Bertz CT molecular complexity index is 526. The molecular formula is C12H11BrF2N2OS. The van der Waals surface area contributed by atoms with Crippen LogP contribution in [0.25, 0.3) is 0 Å². The van der Waals surface area contributed by atoms with Gasteiger partial charge in [-0.1, -0.05) is 28.1 Å². The third-order valence-corrected chi connectivity index (χ3v) is 3.63. The number of hydrogen-bond donors (Lipinski definition) is 2. The van der Waals surface area contributed by atoms with Gasteiger partial charge in [0.05, 0.1) is 11.0 Å². The van der Waals surface area contributed by atoms with E-state index < -0.39 is 29.1 Å². The van der Waals surface area contributed by atoms with E-state index in [9.17, 15) is 13.6 Å². The summed E-state index contributed by atoms with van der Waals surface area (Å²) in [7, 11) is 0. The molecule has 0 aromatic heterocycles. The van der Waals surface area contributed by atoms with Crippen molar-refractivity contribution in [3.8, 4) is 0 Å². The molecule has 0 bridgehead atoms. The molecule has 1 unspecified atom stereocenters. The molecule has 0 aliphatic heterocycles. The fourth-order valence-electron chi connectivity index (χ4n) is 1.82. The van der Waals surface area contributed by atoms with Crippen LogP contribution in [0.1, 0.15) is 23.2 Å². The van der Waals surface area contributed by atoms with Gasteiger partial charge in [0.25, 0.3) is 5.91 Å². The Morgan fingerprint density at radius 1 is 1.42 bits per heavy atom. The summed E-state index contributed by atoms with van der Waals surface area (Å²) in [4.78, 5) is 12.1. The molecule has 1 amide bonds. The van der Waals surface area contributed by atoms with Gasteiger partial charge in [0, 0.05) is 4.47 Å². The van der Waals surface area contributed by atoms with Crippen molar-refractivity contribution >= 4 is 39.0 Å². The van der Waals surface area contributed by atoms with E-state index in [0.29, 0.717) is 0 Å². The standard InChI is InChI=1S/C12H11BrF2N2OS/c13-6-3-7(14)9(8(15)4-6)12(18)17-10(11(16)19)5-1-2-5/h3-5,10H,1-2H2,(H2,16,19)(H,17,18). The lowest BCUT2D eigenvalue weighted by Gasteiger charge is -2.17. The number of carbonyl (C=O) groups excluding carboxylic acids is 1. The molecule has 1 aliphatic rings. The van der Waals surface area contributed by atoms with Crippen LogP contribution in [0.4, 0.5) is 8.78 Å². The fraction of sp³-hybridized carbons (Fsp3) is 0.333. The van der Waals surface area contributed by atoms with Gasteiger partial charge in [0.2, 0.25) is 0 Å². The topological polar surface area (TPSA) is 55.1 Å². The Morgan fingerprint density at radius 2 is 1.95 bits per heavy atom. The van der Waals surface area contributed by atoms with Crippen LogP contribution in [0.5, 0.6) is 0 Å². The Kier molecular flexibility index (Phi) is 4.15. The highest BCUT2D eigenvalue weighted by Gasteiger charge is 2.35. The number of thiocarbonyl (C=S) groups is 1. The van der Waals surface area contributed by atoms with Crippen molar-refractivity contribution in [2.75, 3.05) is 0 Å². The molecule has 0 heterocycles. The van der Waals surface area contributed by atoms with Crippen molar-refractivity contribution in [1.29, 1.82) is 0 Å². The third kappa shape index (κ3) is 3.27. The zero-order valence-electron chi connectivity index (χ0n) is 9.75. The molecule has 1 aromatic carbocycles. The molecule has 3 N–H and O–H groups in total. The van der Waals surface area contributed by atoms with Crippen molar-refractivity contribution in [2.45, 2.75) is 18.9 Å². The van der Waals surface area contributed by atoms with E-state index in [0.717, 1.165) is 25.0 Å². The molecule has 19 heavy (non-hydrogen) atoms. The van der Waals surface area contributed by atoms with E-state index in [1.54, 1.807) is 0 Å². The molecule has 1 aromatic rings. The molecule has 1 saturated carbocycles. The van der Waals surface area contributed by atoms with Gasteiger partial charge in [-0.25, -0.2) is 8.78 Å². The Labute approximate surface area is 122 Å². The van der Waals surface area contributed by atoms with Crippen molar-refractivity contribution in [2.24, 2.45) is 11.7 Å². The Balaban J connectivity index is 2.22. The van der Waals surface area contributed by atoms with Gasteiger partial charge in [-0.15, -0.1) is 0 Å². The van der Waals surface area contributed by atoms with Gasteiger partial charge >= 0.3 is 0 Å². The van der Waals surface area contributed by atoms with Crippen LogP contribution in [0.15, 0.2) is 16.6 Å². The van der Waals surface area contributed by atoms with Crippen molar-refractivity contribution < 1.29 is 13.6 Å². The molecule has 1 fully saturated rings. The summed E-state index contributed by atoms with van der Waals surface area (Å²) in [6.07, 6.45) is 1.79. The van der Waals surface area contributed by atoms with Crippen LogP contribution in [-0.4, -0.2) is 16.9 Å². The van der Waals surface area contributed by atoms with Crippen LogP contribution in [-0.2, 0) is 0 Å². The summed E-state index contributed by atoms with van der Waals surface area (Å²) in [5.74, 6) is -2.53. The Morgan fingerprint density at radius 3 is 2.37 bits per heavy atom. The smallest absolute Gasteiger partial charge is 0.257 e. The molecule has 0 saturated heterocycles. The van der Waals surface area contributed by atoms with Crippen LogP contribution in [0.2, 0.25) is 0 Å². The highest BCUT2D eigenvalue weighted by molar-refractivity contribution is 9.10. The van der Waals surface area contributed by atoms with E-state index >= 15 is 0 Å². The van der Waals surface area contributed by atoms with Crippen LogP contribution >= 0.6 is 28.1 Å². The number of rotatable bonds is 4. The number of nitrogens with one attached hydrogen (secondary N) is 1. The first-order valence-electron chi connectivity index (χ1n) is 5.65. The molecule has 2 rings (SSSR count). The van der Waals surface area contributed by atoms with Gasteiger partial charge in [0.15, 0.2) is 0 Å². The predicted octanol–water partition coefficient (Wildman–Crippen LogP) is 2.52. The zero-order chi connectivity index (χ0) is 14.2. The highest BCUT2D eigenvalue weighted by atomic mass is 79.9. The fourth-order valence-corrected chi connectivity index (χ4v) is 2.48. The lowest BCUT2D eigenvalue weighted by Crippen LogP contribution is -2.45. The molecule has 3 nitrogen and oxygen atoms in total. The average Bonchev–Trinajstić information content (AvgIpc) is 3.07. The summed E-state index contributed by atoms with van der Waals surface area (Å²) in [6, 6.07) is 1.56. The minimum absolute atomic E-state index is 0.133. The van der Waals surface area contributed by atoms with Gasteiger partial charge < -0.3 is 11.1 Å². The van der Waals surface area contributed by atoms with Crippen LogP contribution in [0.3, 0.4) is 0 Å². The van der Waals surface area contributed by atoms with Crippen LogP contribution in [0, 0.1) is 17.6 Å². The number of carbonyl (C=O) groups is 1. The largest absolute Gasteiger partial charge is 0.392 e. The minimum atomic E-state index is -0.929. The van der Waals surface area contributed by atoms with E-state index in [4.69, 9.17) is 18.0 Å². The van der Waals surface area contributed by atoms with Crippen LogP contribution < -0.4 is 11.1 Å². The van der Waals surface area contributed by atoms with Gasteiger partial charge in [-0.05, 0) is 30.9 Å². The van der Waals surface area contributed by atoms with E-state index in [2.05, 4.69) is 21.2 Å². The van der Waals surface area contributed by atoms with E-state index in [-0.39, 0.29) is 15.4 Å². The lowest BCUT2D eigenvalue weighted by molar-refractivity contribution is 0.0935. The molecular weight excluding hydrogens is 338 g/mol. The first-order valence-corrected chi connectivity index (χ1v) is 6.85. The first-order chi connectivity index (χ1) is 8.90. The average molecular weight is 349 g/mol. The number of amides is 1. The molecule has 0 spiro atoms. The second-order valence-corrected chi connectivity index (χ2v) is 5.82. The maximum absolute atomic E-state index is 13.6. The minimum Gasteiger partial charge on any atom is -0.392 e. The lowest BCUT2D eigenvalue weighted by atomic mass is 10.1. The SMILES string of the molecule is NC(=S)C(NC(=O)c1c(F)cc(Br)cc1F)C1CC1. The summed E-state index contributed by atoms with van der Waals surface area (Å²) in [5.41, 5.74) is 4.91. The highest BCUT2D eigenvalue weighted by Crippen LogP contribution is 2.33. The monoisotopic (exact) mass is 348 g/mol. The second-order valence-electron chi connectivity index (χ2n) is 4.44. The van der Waals surface area contributed by atoms with Crippen molar-refractivity contribution in [3.05, 3.63) is 33.8 Å².